The number of nitrogens with zero attached hydrogens (tertiary/aromatic N) is 2. The lowest BCUT2D eigenvalue weighted by Crippen LogP contribution is -1.93. The molecule has 0 spiro atoms. The molecule has 0 saturated carbocycles. The molecular weight excluding hydrogens is 308 g/mol. The normalized spacial score (nSPS) is 10.8. The van der Waals surface area contributed by atoms with Gasteiger partial charge in [-0.2, -0.15) is 0 Å². The molecule has 6 nitrogen and oxygen atoms in total. The van der Waals surface area contributed by atoms with Crippen molar-refractivity contribution < 1.29 is 9.85 Å². The zero-order valence-electron chi connectivity index (χ0n) is 11.5. The number of benzene rings is 2. The van der Waals surface area contributed by atoms with Gasteiger partial charge < -0.3 is 0 Å². The Labute approximate surface area is 131 Å². The molecule has 112 valence electrons. The second-order valence-electron chi connectivity index (χ2n) is 4.61. The van der Waals surface area contributed by atoms with Crippen molar-refractivity contribution >= 4 is 35.1 Å². The SMILES string of the molecule is Cc1ccc(/C=C/c2ccc(Cl)cc2[N+](=O)[O-])c([N+](=O)[O-])c1. The monoisotopic (exact) mass is 318 g/mol. The van der Waals surface area contributed by atoms with Crippen LogP contribution < -0.4 is 0 Å². The van der Waals surface area contributed by atoms with E-state index in [0.717, 1.165) is 5.56 Å². The summed E-state index contributed by atoms with van der Waals surface area (Å²) in [5.74, 6) is 0. The third-order valence-electron chi connectivity index (χ3n) is 3.01. The summed E-state index contributed by atoms with van der Waals surface area (Å²) >= 11 is 5.74. The van der Waals surface area contributed by atoms with E-state index in [0.29, 0.717) is 11.1 Å². The first-order valence-electron chi connectivity index (χ1n) is 6.25. The van der Waals surface area contributed by atoms with Crippen LogP contribution in [0.15, 0.2) is 36.4 Å². The summed E-state index contributed by atoms with van der Waals surface area (Å²) in [6, 6.07) is 9.06. The molecule has 0 radical (unpaired) electrons. The molecule has 0 atom stereocenters. The highest BCUT2D eigenvalue weighted by molar-refractivity contribution is 6.30. The molecule has 0 saturated heterocycles. The topological polar surface area (TPSA) is 86.3 Å². The lowest BCUT2D eigenvalue weighted by molar-refractivity contribution is -0.385. The minimum absolute atomic E-state index is 0.0483. The second kappa shape index (κ2) is 6.36. The van der Waals surface area contributed by atoms with E-state index in [1.165, 1.54) is 36.4 Å². The molecule has 2 aromatic carbocycles. The number of rotatable bonds is 4. The van der Waals surface area contributed by atoms with E-state index in [9.17, 15) is 20.2 Å². The van der Waals surface area contributed by atoms with Crippen LogP contribution in [0.1, 0.15) is 16.7 Å². The standard InChI is InChI=1S/C15H11ClN2O4/c1-10-2-3-11(14(8-10)17(19)20)4-5-12-6-7-13(16)9-15(12)18(21)22/h2-9H,1H3/b5-4+. The molecule has 0 heterocycles. The van der Waals surface area contributed by atoms with Gasteiger partial charge in [0.15, 0.2) is 0 Å². The van der Waals surface area contributed by atoms with Crippen LogP contribution in [-0.2, 0) is 0 Å². The molecule has 2 aromatic rings. The third kappa shape index (κ3) is 3.48. The first-order chi connectivity index (χ1) is 10.4. The number of hydrogen-bond donors (Lipinski definition) is 0. The highest BCUT2D eigenvalue weighted by Gasteiger charge is 2.14. The quantitative estimate of drug-likeness (QED) is 0.467. The van der Waals surface area contributed by atoms with Crippen LogP contribution in [0.3, 0.4) is 0 Å². The van der Waals surface area contributed by atoms with E-state index in [1.54, 1.807) is 19.1 Å². The predicted octanol–water partition coefficient (Wildman–Crippen LogP) is 4.64. The maximum Gasteiger partial charge on any atom is 0.278 e. The van der Waals surface area contributed by atoms with Crippen LogP contribution in [0.25, 0.3) is 12.2 Å². The van der Waals surface area contributed by atoms with Crippen molar-refractivity contribution in [3.63, 3.8) is 0 Å². The van der Waals surface area contributed by atoms with Gasteiger partial charge in [0.1, 0.15) is 0 Å². The van der Waals surface area contributed by atoms with Gasteiger partial charge in [-0.15, -0.1) is 0 Å². The maximum absolute atomic E-state index is 11.1. The second-order valence-corrected chi connectivity index (χ2v) is 5.05. The highest BCUT2D eigenvalue weighted by atomic mass is 35.5. The Morgan fingerprint density at radius 3 is 1.95 bits per heavy atom. The summed E-state index contributed by atoms with van der Waals surface area (Å²) in [6.45, 7) is 1.75. The largest absolute Gasteiger partial charge is 0.278 e. The molecule has 7 heteroatoms. The Hall–Kier alpha value is -2.73. The van der Waals surface area contributed by atoms with E-state index in [2.05, 4.69) is 0 Å². The van der Waals surface area contributed by atoms with Crippen molar-refractivity contribution in [3.8, 4) is 0 Å². The fourth-order valence-corrected chi connectivity index (χ4v) is 2.11. The molecule has 22 heavy (non-hydrogen) atoms. The molecule has 0 fully saturated rings. The predicted molar refractivity (Wildman–Crippen MR) is 84.9 cm³/mol. The first kappa shape index (κ1) is 15.7. The minimum atomic E-state index is -0.547. The van der Waals surface area contributed by atoms with E-state index < -0.39 is 9.85 Å². The van der Waals surface area contributed by atoms with Gasteiger partial charge >= 0.3 is 0 Å². The van der Waals surface area contributed by atoms with Gasteiger partial charge in [0.05, 0.1) is 21.0 Å². The summed E-state index contributed by atoms with van der Waals surface area (Å²) in [6.07, 6.45) is 2.94. The van der Waals surface area contributed by atoms with E-state index in [-0.39, 0.29) is 16.4 Å². The fraction of sp³-hybridized carbons (Fsp3) is 0.0667. The fourth-order valence-electron chi connectivity index (χ4n) is 1.95. The van der Waals surface area contributed by atoms with Gasteiger partial charge in [0.2, 0.25) is 0 Å². The van der Waals surface area contributed by atoms with Crippen molar-refractivity contribution in [2.24, 2.45) is 0 Å². The summed E-state index contributed by atoms with van der Waals surface area (Å²) in [4.78, 5) is 21.0. The summed E-state index contributed by atoms with van der Waals surface area (Å²) < 4.78 is 0. The Morgan fingerprint density at radius 2 is 1.41 bits per heavy atom. The Bertz CT molecular complexity index is 722. The lowest BCUT2D eigenvalue weighted by Gasteiger charge is -2.00. The Kier molecular flexibility index (Phi) is 4.53. The smallest absolute Gasteiger partial charge is 0.258 e. The van der Waals surface area contributed by atoms with Gasteiger partial charge in [-0.3, -0.25) is 20.2 Å². The van der Waals surface area contributed by atoms with Crippen LogP contribution in [-0.4, -0.2) is 9.85 Å². The highest BCUT2D eigenvalue weighted by Crippen LogP contribution is 2.27. The molecular formula is C15H11ClN2O4. The van der Waals surface area contributed by atoms with Crippen molar-refractivity contribution in [2.75, 3.05) is 0 Å². The van der Waals surface area contributed by atoms with E-state index >= 15 is 0 Å². The number of hydrogen-bond acceptors (Lipinski definition) is 4. The maximum atomic E-state index is 11.1. The number of nitro benzene ring substituents is 2. The molecule has 0 N–H and O–H groups in total. The molecule has 0 aliphatic carbocycles. The lowest BCUT2D eigenvalue weighted by atomic mass is 10.1. The molecule has 0 amide bonds. The molecule has 0 aliphatic heterocycles. The molecule has 2 rings (SSSR count). The number of aryl methyl sites for hydroxylation is 1. The molecule has 0 aromatic heterocycles. The van der Waals surface area contributed by atoms with Crippen LogP contribution in [0.2, 0.25) is 5.02 Å². The zero-order chi connectivity index (χ0) is 16.3. The van der Waals surface area contributed by atoms with Crippen LogP contribution in [0.4, 0.5) is 11.4 Å². The molecule has 0 bridgehead atoms. The zero-order valence-corrected chi connectivity index (χ0v) is 12.3. The third-order valence-corrected chi connectivity index (χ3v) is 3.25. The minimum Gasteiger partial charge on any atom is -0.258 e. The summed E-state index contributed by atoms with van der Waals surface area (Å²) in [5, 5.41) is 22.3. The molecule has 0 aliphatic rings. The van der Waals surface area contributed by atoms with Crippen molar-refractivity contribution in [3.05, 3.63) is 78.3 Å². The van der Waals surface area contributed by atoms with E-state index in [4.69, 9.17) is 11.6 Å². The van der Waals surface area contributed by atoms with Crippen LogP contribution >= 0.6 is 11.6 Å². The Balaban J connectivity index is 2.46. The van der Waals surface area contributed by atoms with Crippen LogP contribution in [0.5, 0.6) is 0 Å². The van der Waals surface area contributed by atoms with Crippen molar-refractivity contribution in [1.82, 2.24) is 0 Å². The van der Waals surface area contributed by atoms with Gasteiger partial charge in [-0.25, -0.2) is 0 Å². The van der Waals surface area contributed by atoms with Gasteiger partial charge in [-0.05, 0) is 42.8 Å². The van der Waals surface area contributed by atoms with Crippen LogP contribution in [0, 0.1) is 27.2 Å². The average molecular weight is 319 g/mol. The van der Waals surface area contributed by atoms with E-state index in [1.807, 2.05) is 0 Å². The first-order valence-corrected chi connectivity index (χ1v) is 6.63. The number of halogens is 1. The summed E-state index contributed by atoms with van der Waals surface area (Å²) in [7, 11) is 0. The van der Waals surface area contributed by atoms with Gasteiger partial charge in [0, 0.05) is 17.2 Å². The average Bonchev–Trinajstić information content (AvgIpc) is 2.46. The Morgan fingerprint density at radius 1 is 0.909 bits per heavy atom. The van der Waals surface area contributed by atoms with Crippen molar-refractivity contribution in [2.45, 2.75) is 6.92 Å². The summed E-state index contributed by atoms with van der Waals surface area (Å²) in [5.41, 5.74) is 1.26. The molecule has 0 unspecified atom stereocenters. The van der Waals surface area contributed by atoms with Crippen molar-refractivity contribution in [1.29, 1.82) is 0 Å². The van der Waals surface area contributed by atoms with Gasteiger partial charge in [0.25, 0.3) is 11.4 Å². The number of nitro groups is 2. The van der Waals surface area contributed by atoms with Gasteiger partial charge in [-0.1, -0.05) is 17.7 Å².